The number of benzene rings is 2. The van der Waals surface area contributed by atoms with Gasteiger partial charge in [-0.3, -0.25) is 0 Å². The maximum atomic E-state index is 11.4. The second-order valence-electron chi connectivity index (χ2n) is 4.22. The molecule has 6 heteroatoms. The van der Waals surface area contributed by atoms with Crippen molar-refractivity contribution in [2.75, 3.05) is 7.11 Å². The summed E-state index contributed by atoms with van der Waals surface area (Å²) in [5.41, 5.74) is 1.09. The maximum Gasteiger partial charge on any atom is 0.337 e. The Kier molecular flexibility index (Phi) is 3.45. The lowest BCUT2D eigenvalue weighted by molar-refractivity contribution is 0.0600. The Hall–Kier alpha value is -2.60. The van der Waals surface area contributed by atoms with Crippen LogP contribution in [-0.4, -0.2) is 23.2 Å². The van der Waals surface area contributed by atoms with Gasteiger partial charge < -0.3 is 14.6 Å². The number of esters is 1. The van der Waals surface area contributed by atoms with E-state index in [0.717, 1.165) is 10.2 Å². The lowest BCUT2D eigenvalue weighted by atomic mass is 10.2. The van der Waals surface area contributed by atoms with E-state index in [1.807, 2.05) is 24.3 Å². The molecule has 21 heavy (non-hydrogen) atoms. The molecule has 1 aromatic heterocycles. The SMILES string of the molecule is COC(=O)c1ccc(Oc2nc3ccccc3s2)c(O)c1. The summed E-state index contributed by atoms with van der Waals surface area (Å²) in [6, 6.07) is 12.0. The highest BCUT2D eigenvalue weighted by atomic mass is 32.1. The van der Waals surface area contributed by atoms with Crippen molar-refractivity contribution in [1.82, 2.24) is 4.98 Å². The van der Waals surface area contributed by atoms with Gasteiger partial charge in [-0.2, -0.15) is 0 Å². The fraction of sp³-hybridized carbons (Fsp3) is 0.0667. The number of hydrogen-bond acceptors (Lipinski definition) is 6. The van der Waals surface area contributed by atoms with Crippen LogP contribution in [0.15, 0.2) is 42.5 Å². The van der Waals surface area contributed by atoms with E-state index in [0.29, 0.717) is 5.19 Å². The zero-order valence-electron chi connectivity index (χ0n) is 11.1. The van der Waals surface area contributed by atoms with Crippen LogP contribution in [0.2, 0.25) is 0 Å². The normalized spacial score (nSPS) is 10.5. The molecule has 0 radical (unpaired) electrons. The van der Waals surface area contributed by atoms with Gasteiger partial charge in [0.25, 0.3) is 5.19 Å². The smallest absolute Gasteiger partial charge is 0.337 e. The molecule has 1 N–H and O–H groups in total. The fourth-order valence-electron chi connectivity index (χ4n) is 1.84. The van der Waals surface area contributed by atoms with Crippen molar-refractivity contribution in [3.8, 4) is 16.7 Å². The largest absolute Gasteiger partial charge is 0.504 e. The molecule has 2 aromatic carbocycles. The highest BCUT2D eigenvalue weighted by Crippen LogP contribution is 2.35. The first-order valence-electron chi connectivity index (χ1n) is 6.12. The molecule has 0 saturated heterocycles. The van der Waals surface area contributed by atoms with Crippen LogP contribution in [-0.2, 0) is 4.74 Å². The molecular weight excluding hydrogens is 290 g/mol. The number of rotatable bonds is 3. The third-order valence-electron chi connectivity index (χ3n) is 2.85. The van der Waals surface area contributed by atoms with Crippen molar-refractivity contribution in [3.63, 3.8) is 0 Å². The molecule has 106 valence electrons. The molecular formula is C15H11NO4S. The third kappa shape index (κ3) is 2.66. The summed E-state index contributed by atoms with van der Waals surface area (Å²) in [6.45, 7) is 0. The van der Waals surface area contributed by atoms with E-state index >= 15 is 0 Å². The zero-order valence-corrected chi connectivity index (χ0v) is 11.9. The van der Waals surface area contributed by atoms with Gasteiger partial charge >= 0.3 is 5.97 Å². The average molecular weight is 301 g/mol. The quantitative estimate of drug-likeness (QED) is 0.749. The van der Waals surface area contributed by atoms with Crippen LogP contribution in [0.3, 0.4) is 0 Å². The second kappa shape index (κ2) is 5.41. The predicted molar refractivity (Wildman–Crippen MR) is 79.1 cm³/mol. The molecule has 0 unspecified atom stereocenters. The molecule has 0 aliphatic rings. The fourth-order valence-corrected chi connectivity index (χ4v) is 2.67. The van der Waals surface area contributed by atoms with E-state index < -0.39 is 5.97 Å². The predicted octanol–water partition coefficient (Wildman–Crippen LogP) is 3.58. The van der Waals surface area contributed by atoms with Gasteiger partial charge in [0, 0.05) is 0 Å². The van der Waals surface area contributed by atoms with E-state index in [1.165, 1.54) is 36.6 Å². The van der Waals surface area contributed by atoms with Crippen molar-refractivity contribution in [2.45, 2.75) is 0 Å². The molecule has 0 fully saturated rings. The Morgan fingerprint density at radius 1 is 1.24 bits per heavy atom. The summed E-state index contributed by atoms with van der Waals surface area (Å²) in [5.74, 6) is -0.421. The van der Waals surface area contributed by atoms with Gasteiger partial charge in [0.05, 0.1) is 22.9 Å². The molecule has 0 saturated carbocycles. The lowest BCUT2D eigenvalue weighted by Crippen LogP contribution is -2.00. The standard InChI is InChI=1S/C15H11NO4S/c1-19-14(18)9-6-7-12(11(17)8-9)20-15-16-10-4-2-3-5-13(10)21-15/h2-8,17H,1H3. The molecule has 0 atom stereocenters. The van der Waals surface area contributed by atoms with Gasteiger partial charge in [-0.05, 0) is 30.3 Å². The van der Waals surface area contributed by atoms with Crippen LogP contribution in [0.25, 0.3) is 10.2 Å². The Morgan fingerprint density at radius 3 is 2.76 bits per heavy atom. The minimum atomic E-state index is -0.517. The number of fused-ring (bicyclic) bond motifs is 1. The molecule has 0 amide bonds. The first kappa shape index (κ1) is 13.4. The van der Waals surface area contributed by atoms with E-state index in [2.05, 4.69) is 9.72 Å². The number of thiazole rings is 1. The minimum absolute atomic E-state index is 0.142. The average Bonchev–Trinajstić information content (AvgIpc) is 2.90. The van der Waals surface area contributed by atoms with Gasteiger partial charge in [0.1, 0.15) is 0 Å². The number of methoxy groups -OCH3 is 1. The molecule has 3 aromatic rings. The van der Waals surface area contributed by atoms with Gasteiger partial charge in [-0.1, -0.05) is 23.5 Å². The van der Waals surface area contributed by atoms with Crippen LogP contribution < -0.4 is 4.74 Å². The summed E-state index contributed by atoms with van der Waals surface area (Å²) in [4.78, 5) is 15.7. The van der Waals surface area contributed by atoms with Crippen LogP contribution in [0.1, 0.15) is 10.4 Å². The van der Waals surface area contributed by atoms with E-state index in [1.54, 1.807) is 0 Å². The van der Waals surface area contributed by atoms with Crippen LogP contribution in [0, 0.1) is 0 Å². The number of carbonyl (C=O) groups excluding carboxylic acids is 1. The zero-order chi connectivity index (χ0) is 14.8. The Labute approximate surface area is 124 Å². The van der Waals surface area contributed by atoms with Gasteiger partial charge in [0.2, 0.25) is 0 Å². The van der Waals surface area contributed by atoms with Crippen LogP contribution in [0.4, 0.5) is 0 Å². The van der Waals surface area contributed by atoms with E-state index in [-0.39, 0.29) is 17.1 Å². The summed E-state index contributed by atoms with van der Waals surface area (Å²) < 4.78 is 11.2. The van der Waals surface area contributed by atoms with Crippen molar-refractivity contribution in [1.29, 1.82) is 0 Å². The lowest BCUT2D eigenvalue weighted by Gasteiger charge is -2.05. The number of carbonyl (C=O) groups is 1. The second-order valence-corrected chi connectivity index (χ2v) is 5.22. The molecule has 0 aliphatic heterocycles. The molecule has 0 spiro atoms. The highest BCUT2D eigenvalue weighted by molar-refractivity contribution is 7.20. The van der Waals surface area contributed by atoms with Crippen LogP contribution in [0.5, 0.6) is 16.7 Å². The molecule has 0 bridgehead atoms. The monoisotopic (exact) mass is 301 g/mol. The van der Waals surface area contributed by atoms with E-state index in [9.17, 15) is 9.90 Å². The van der Waals surface area contributed by atoms with Crippen molar-refractivity contribution in [2.24, 2.45) is 0 Å². The number of aromatic hydroxyl groups is 1. The Bertz CT molecular complexity index is 779. The summed E-state index contributed by atoms with van der Waals surface area (Å²) in [7, 11) is 1.28. The van der Waals surface area contributed by atoms with Gasteiger partial charge in [0.15, 0.2) is 11.5 Å². The number of hydrogen-bond donors (Lipinski definition) is 1. The first-order valence-corrected chi connectivity index (χ1v) is 6.94. The van der Waals surface area contributed by atoms with Crippen LogP contribution >= 0.6 is 11.3 Å². The number of ether oxygens (including phenoxy) is 2. The number of aromatic nitrogens is 1. The summed E-state index contributed by atoms with van der Waals surface area (Å²) in [5, 5.41) is 10.3. The molecule has 1 heterocycles. The van der Waals surface area contributed by atoms with Crippen molar-refractivity contribution < 1.29 is 19.4 Å². The number of nitrogens with zero attached hydrogens (tertiary/aromatic N) is 1. The Balaban J connectivity index is 1.89. The van der Waals surface area contributed by atoms with Gasteiger partial charge in [-0.15, -0.1) is 0 Å². The minimum Gasteiger partial charge on any atom is -0.504 e. The Morgan fingerprint density at radius 2 is 2.05 bits per heavy atom. The first-order chi connectivity index (χ1) is 10.2. The van der Waals surface area contributed by atoms with Crippen molar-refractivity contribution in [3.05, 3.63) is 48.0 Å². The summed E-state index contributed by atoms with van der Waals surface area (Å²) >= 11 is 1.38. The molecule has 5 nitrogen and oxygen atoms in total. The van der Waals surface area contributed by atoms with E-state index in [4.69, 9.17) is 4.74 Å². The molecule has 0 aliphatic carbocycles. The topological polar surface area (TPSA) is 68.7 Å². The van der Waals surface area contributed by atoms with Crippen molar-refractivity contribution >= 4 is 27.5 Å². The highest BCUT2D eigenvalue weighted by Gasteiger charge is 2.12. The maximum absolute atomic E-state index is 11.4. The number of phenols is 1. The molecule has 3 rings (SSSR count). The number of phenolic OH excluding ortho intramolecular Hbond substituents is 1. The summed E-state index contributed by atoms with van der Waals surface area (Å²) in [6.07, 6.45) is 0. The third-order valence-corrected chi connectivity index (χ3v) is 3.77. The number of para-hydroxylation sites is 1. The van der Waals surface area contributed by atoms with Gasteiger partial charge in [-0.25, -0.2) is 9.78 Å².